The van der Waals surface area contributed by atoms with Gasteiger partial charge in [-0.2, -0.15) is 0 Å². The van der Waals surface area contributed by atoms with E-state index in [9.17, 15) is 5.21 Å². The number of quaternary nitrogens is 1. The van der Waals surface area contributed by atoms with Gasteiger partial charge in [-0.25, -0.2) is 0 Å². The summed E-state index contributed by atoms with van der Waals surface area (Å²) >= 11 is 0. The first-order valence-corrected chi connectivity index (χ1v) is 5.32. The third-order valence-corrected chi connectivity index (χ3v) is 2.82. The van der Waals surface area contributed by atoms with Gasteiger partial charge in [0, 0.05) is 11.6 Å². The average Bonchev–Trinajstić information content (AvgIpc) is 2.30. The Morgan fingerprint density at radius 1 is 0.875 bits per heavy atom. The molecule has 0 radical (unpaired) electrons. The Morgan fingerprint density at radius 2 is 1.44 bits per heavy atom. The second kappa shape index (κ2) is 4.08. The molecular weight excluding hydrogens is 198 g/mol. The summed E-state index contributed by atoms with van der Waals surface area (Å²) in [6.45, 7) is 1.96. The Bertz CT molecular complexity index is 477. The molecule has 1 unspecified atom stereocenters. The van der Waals surface area contributed by atoms with Crippen molar-refractivity contribution in [3.8, 4) is 0 Å². The predicted octanol–water partition coefficient (Wildman–Crippen LogP) is 3.76. The largest absolute Gasteiger partial charge is 0.622 e. The molecule has 2 nitrogen and oxygen atoms in total. The van der Waals surface area contributed by atoms with Crippen LogP contribution in [0.25, 0.3) is 0 Å². The zero-order valence-electron chi connectivity index (χ0n) is 9.55. The molecule has 0 bridgehead atoms. The van der Waals surface area contributed by atoms with E-state index in [2.05, 4.69) is 0 Å². The molecule has 0 N–H and O–H groups in total. The molecule has 0 aliphatic heterocycles. The van der Waals surface area contributed by atoms with Crippen LogP contribution in [-0.2, 0) is 0 Å². The number of aryl methyl sites for hydroxylation is 1. The zero-order chi connectivity index (χ0) is 11.6. The van der Waals surface area contributed by atoms with Gasteiger partial charge in [0.25, 0.3) is 0 Å². The van der Waals surface area contributed by atoms with E-state index in [0.717, 1.165) is 16.9 Å². The van der Waals surface area contributed by atoms with Gasteiger partial charge in [0.05, 0.1) is 7.05 Å². The molecule has 1 atom stereocenters. The van der Waals surface area contributed by atoms with Crippen LogP contribution in [0.5, 0.6) is 0 Å². The van der Waals surface area contributed by atoms with E-state index < -0.39 is 4.65 Å². The number of hydroxylamine groups is 1. The van der Waals surface area contributed by atoms with Crippen LogP contribution in [0.2, 0.25) is 0 Å². The molecule has 2 aromatic rings. The highest BCUT2D eigenvalue weighted by atomic mass is 16.5. The maximum atomic E-state index is 12.7. The minimum Gasteiger partial charge on any atom is -0.622 e. The van der Waals surface area contributed by atoms with Gasteiger partial charge in [-0.3, -0.25) is 4.65 Å². The maximum absolute atomic E-state index is 12.7. The molecule has 0 saturated heterocycles. The lowest BCUT2D eigenvalue weighted by atomic mass is 10.1. The highest BCUT2D eigenvalue weighted by molar-refractivity contribution is 5.61. The van der Waals surface area contributed by atoms with Gasteiger partial charge >= 0.3 is 0 Å². The molecule has 2 heteroatoms. The highest BCUT2D eigenvalue weighted by Crippen LogP contribution is 2.33. The fourth-order valence-corrected chi connectivity index (χ4v) is 1.89. The minimum atomic E-state index is -0.465. The normalized spacial score (nSPS) is 14.4. The van der Waals surface area contributed by atoms with Crippen molar-refractivity contribution in [1.29, 1.82) is 0 Å². The molecule has 0 amide bonds. The van der Waals surface area contributed by atoms with Gasteiger partial charge in [0.2, 0.25) is 0 Å². The van der Waals surface area contributed by atoms with Crippen molar-refractivity contribution in [2.45, 2.75) is 6.92 Å². The van der Waals surface area contributed by atoms with Crippen LogP contribution in [0.4, 0.5) is 11.4 Å². The van der Waals surface area contributed by atoms with Crippen molar-refractivity contribution in [1.82, 2.24) is 4.65 Å². The van der Waals surface area contributed by atoms with Gasteiger partial charge in [-0.15, -0.1) is 0 Å². The quantitative estimate of drug-likeness (QED) is 0.550. The van der Waals surface area contributed by atoms with E-state index in [-0.39, 0.29) is 0 Å². The molecule has 16 heavy (non-hydrogen) atoms. The first-order valence-electron chi connectivity index (χ1n) is 5.32. The molecule has 0 aromatic heterocycles. The van der Waals surface area contributed by atoms with Crippen LogP contribution in [0, 0.1) is 12.1 Å². The molecule has 2 aromatic carbocycles. The second-order valence-electron chi connectivity index (χ2n) is 4.05. The summed E-state index contributed by atoms with van der Waals surface area (Å²) in [6.07, 6.45) is 0. The first kappa shape index (κ1) is 10.9. The zero-order valence-corrected chi connectivity index (χ0v) is 9.55. The third kappa shape index (κ3) is 1.85. The molecule has 0 aliphatic carbocycles. The van der Waals surface area contributed by atoms with Crippen LogP contribution in [0.15, 0.2) is 54.6 Å². The van der Waals surface area contributed by atoms with Crippen LogP contribution < -0.4 is 4.65 Å². The van der Waals surface area contributed by atoms with E-state index in [1.54, 1.807) is 7.05 Å². The summed E-state index contributed by atoms with van der Waals surface area (Å²) in [5.41, 5.74) is 2.55. The molecule has 0 heterocycles. The Kier molecular flexibility index (Phi) is 2.77. The van der Waals surface area contributed by atoms with Gasteiger partial charge in [0.1, 0.15) is 11.4 Å². The third-order valence-electron chi connectivity index (χ3n) is 2.82. The lowest BCUT2D eigenvalue weighted by Gasteiger charge is -2.38. The monoisotopic (exact) mass is 213 g/mol. The molecule has 82 valence electrons. The maximum Gasteiger partial charge on any atom is 0.140 e. The van der Waals surface area contributed by atoms with Crippen molar-refractivity contribution in [3.63, 3.8) is 0 Å². The average molecular weight is 213 g/mol. The van der Waals surface area contributed by atoms with E-state index in [1.165, 1.54) is 0 Å². The van der Waals surface area contributed by atoms with Crippen LogP contribution in [0.1, 0.15) is 5.56 Å². The van der Waals surface area contributed by atoms with Crippen LogP contribution >= 0.6 is 0 Å². The molecule has 0 spiro atoms. The van der Waals surface area contributed by atoms with Crippen LogP contribution in [0.3, 0.4) is 0 Å². The predicted molar refractivity (Wildman–Crippen MR) is 68.4 cm³/mol. The summed E-state index contributed by atoms with van der Waals surface area (Å²) < 4.78 is -0.465. The number of para-hydroxylation sites is 2. The number of hydrogen-bond acceptors (Lipinski definition) is 1. The molecular formula is C14H15NO. The van der Waals surface area contributed by atoms with Crippen LogP contribution in [-0.4, -0.2) is 7.05 Å². The Labute approximate surface area is 95.9 Å². The van der Waals surface area contributed by atoms with E-state index in [1.807, 2.05) is 61.5 Å². The van der Waals surface area contributed by atoms with Crippen molar-refractivity contribution in [2.75, 3.05) is 7.05 Å². The molecule has 0 fully saturated rings. The number of nitrogens with zero attached hydrogens (tertiary/aromatic N) is 1. The summed E-state index contributed by atoms with van der Waals surface area (Å²) in [5, 5.41) is 12.7. The Hall–Kier alpha value is -1.64. The smallest absolute Gasteiger partial charge is 0.140 e. The first-order chi connectivity index (χ1) is 7.62. The summed E-state index contributed by atoms with van der Waals surface area (Å²) in [4.78, 5) is 0. The Balaban J connectivity index is 2.51. The second-order valence-corrected chi connectivity index (χ2v) is 4.05. The SMILES string of the molecule is Cc1ccccc1[N+](C)([O-])c1ccccc1. The van der Waals surface area contributed by atoms with Crippen molar-refractivity contribution in [2.24, 2.45) is 0 Å². The van der Waals surface area contributed by atoms with Gasteiger partial charge in [0.15, 0.2) is 0 Å². The van der Waals surface area contributed by atoms with Crippen molar-refractivity contribution >= 4 is 11.4 Å². The van der Waals surface area contributed by atoms with E-state index in [4.69, 9.17) is 0 Å². The summed E-state index contributed by atoms with van der Waals surface area (Å²) in [6, 6.07) is 17.1. The molecule has 0 saturated carbocycles. The van der Waals surface area contributed by atoms with Gasteiger partial charge in [-0.1, -0.05) is 36.4 Å². The topological polar surface area (TPSA) is 23.1 Å². The summed E-state index contributed by atoms with van der Waals surface area (Å²) in [7, 11) is 1.66. The summed E-state index contributed by atoms with van der Waals surface area (Å²) in [5.74, 6) is 0. The lowest BCUT2D eigenvalue weighted by molar-refractivity contribution is 0.612. The lowest BCUT2D eigenvalue weighted by Crippen LogP contribution is -2.32. The number of rotatable bonds is 2. The van der Waals surface area contributed by atoms with Gasteiger partial charge in [-0.05, 0) is 19.1 Å². The highest BCUT2D eigenvalue weighted by Gasteiger charge is 2.19. The number of benzene rings is 2. The van der Waals surface area contributed by atoms with E-state index >= 15 is 0 Å². The fraction of sp³-hybridized carbons (Fsp3) is 0.143. The van der Waals surface area contributed by atoms with Gasteiger partial charge < -0.3 is 5.21 Å². The number of hydrogen-bond donors (Lipinski definition) is 0. The standard InChI is InChI=1S/C14H15NO/c1-12-8-6-7-11-14(12)15(2,16)13-9-4-3-5-10-13/h3-11H,1-2H3. The molecule has 0 aliphatic rings. The Morgan fingerprint density at radius 3 is 2.06 bits per heavy atom. The minimum absolute atomic E-state index is 0.465. The van der Waals surface area contributed by atoms with Crippen molar-refractivity contribution in [3.05, 3.63) is 65.4 Å². The van der Waals surface area contributed by atoms with E-state index in [0.29, 0.717) is 0 Å². The fourth-order valence-electron chi connectivity index (χ4n) is 1.89. The van der Waals surface area contributed by atoms with Crippen molar-refractivity contribution < 1.29 is 0 Å². The molecule has 2 rings (SSSR count).